The van der Waals surface area contributed by atoms with Gasteiger partial charge in [0.15, 0.2) is 5.16 Å². The minimum absolute atomic E-state index is 0.0254. The van der Waals surface area contributed by atoms with Crippen molar-refractivity contribution in [2.45, 2.75) is 37.9 Å². The number of hydrogen-bond acceptors (Lipinski definition) is 6. The lowest BCUT2D eigenvalue weighted by atomic mass is 10.3. The van der Waals surface area contributed by atoms with Crippen molar-refractivity contribution in [1.82, 2.24) is 14.8 Å². The summed E-state index contributed by atoms with van der Waals surface area (Å²) in [5.74, 6) is -0.410. The fourth-order valence-corrected chi connectivity index (χ4v) is 3.68. The minimum Gasteiger partial charge on any atom is -0.481 e. The van der Waals surface area contributed by atoms with Crippen LogP contribution < -0.4 is 0 Å². The van der Waals surface area contributed by atoms with E-state index in [1.807, 2.05) is 6.92 Å². The first-order chi connectivity index (χ1) is 9.24. The Morgan fingerprint density at radius 3 is 2.60 bits per heavy atom. The Labute approximate surface area is 122 Å². The zero-order valence-corrected chi connectivity index (χ0v) is 13.4. The molecule has 9 heteroatoms. The number of aliphatic carboxylic acids is 1. The monoisotopic (exact) mass is 321 g/mol. The summed E-state index contributed by atoms with van der Waals surface area (Å²) in [7, 11) is -3.13. The number of rotatable bonds is 8. The van der Waals surface area contributed by atoms with Crippen LogP contribution in [0.3, 0.4) is 0 Å². The molecule has 0 aliphatic rings. The van der Waals surface area contributed by atoms with Gasteiger partial charge < -0.3 is 9.67 Å². The van der Waals surface area contributed by atoms with E-state index in [1.54, 1.807) is 11.5 Å². The third-order valence-corrected chi connectivity index (χ3v) is 4.53. The Hall–Kier alpha value is -1.09. The Bertz CT molecular complexity index is 568. The number of thioether (sulfide) groups is 1. The van der Waals surface area contributed by atoms with Crippen LogP contribution in [0.4, 0.5) is 0 Å². The van der Waals surface area contributed by atoms with E-state index < -0.39 is 15.8 Å². The van der Waals surface area contributed by atoms with Crippen LogP contribution in [0.5, 0.6) is 0 Å². The highest BCUT2D eigenvalue weighted by Crippen LogP contribution is 2.23. The van der Waals surface area contributed by atoms with Gasteiger partial charge in [-0.25, -0.2) is 8.42 Å². The van der Waals surface area contributed by atoms with Gasteiger partial charge in [0.1, 0.15) is 15.7 Å². The summed E-state index contributed by atoms with van der Waals surface area (Å²) >= 11 is 1.05. The van der Waals surface area contributed by atoms with Crippen LogP contribution >= 0.6 is 11.8 Å². The van der Waals surface area contributed by atoms with Crippen LogP contribution in [0.25, 0.3) is 0 Å². The first-order valence-corrected chi connectivity index (χ1v) is 9.25. The third kappa shape index (κ3) is 5.12. The average Bonchev–Trinajstić information content (AvgIpc) is 2.67. The van der Waals surface area contributed by atoms with Gasteiger partial charge in [-0.05, 0) is 13.3 Å². The Morgan fingerprint density at radius 2 is 2.10 bits per heavy atom. The SMILES string of the molecule is CCCc1nnc(SCC(=O)O)n1C(C)CS(C)(=O)=O. The number of carboxylic acids is 1. The van der Waals surface area contributed by atoms with Crippen molar-refractivity contribution in [3.05, 3.63) is 5.82 Å². The number of hydrogen-bond donors (Lipinski definition) is 1. The summed E-state index contributed by atoms with van der Waals surface area (Å²) in [6.45, 7) is 3.76. The summed E-state index contributed by atoms with van der Waals surface area (Å²) in [5.41, 5.74) is 0. The summed E-state index contributed by atoms with van der Waals surface area (Å²) in [6.07, 6.45) is 2.71. The van der Waals surface area contributed by atoms with Crippen molar-refractivity contribution in [2.75, 3.05) is 17.8 Å². The van der Waals surface area contributed by atoms with Crippen LogP contribution in [0.15, 0.2) is 5.16 Å². The number of carbonyl (C=O) groups is 1. The highest BCUT2D eigenvalue weighted by molar-refractivity contribution is 7.99. The molecule has 1 N–H and O–H groups in total. The van der Waals surface area contributed by atoms with Crippen LogP contribution in [0.2, 0.25) is 0 Å². The van der Waals surface area contributed by atoms with Crippen LogP contribution in [-0.4, -0.2) is 52.0 Å². The molecule has 0 aliphatic carbocycles. The van der Waals surface area contributed by atoms with Crippen molar-refractivity contribution in [3.63, 3.8) is 0 Å². The molecular weight excluding hydrogens is 302 g/mol. The minimum atomic E-state index is -3.13. The number of aromatic nitrogens is 3. The molecular formula is C11H19N3O4S2. The molecule has 0 aliphatic heterocycles. The molecule has 1 heterocycles. The van der Waals surface area contributed by atoms with E-state index in [9.17, 15) is 13.2 Å². The second-order valence-corrected chi connectivity index (χ2v) is 7.77. The van der Waals surface area contributed by atoms with Gasteiger partial charge in [0, 0.05) is 18.7 Å². The maximum absolute atomic E-state index is 11.4. The van der Waals surface area contributed by atoms with Gasteiger partial charge in [-0.2, -0.15) is 0 Å². The molecule has 1 aromatic rings. The second-order valence-electron chi connectivity index (χ2n) is 4.64. The molecule has 0 amide bonds. The Kier molecular flexibility index (Phi) is 6.00. The standard InChI is InChI=1S/C11H19N3O4S2/c1-4-5-9-12-13-11(19-6-10(15)16)14(9)8(2)7-20(3,17)18/h8H,4-7H2,1-3H3,(H,15,16). The smallest absolute Gasteiger partial charge is 0.313 e. The highest BCUT2D eigenvalue weighted by atomic mass is 32.2. The normalized spacial score (nSPS) is 13.3. The third-order valence-electron chi connectivity index (χ3n) is 2.52. The molecule has 1 rings (SSSR count). The van der Waals surface area contributed by atoms with Gasteiger partial charge in [-0.3, -0.25) is 4.79 Å². The van der Waals surface area contributed by atoms with Crippen LogP contribution in [0.1, 0.15) is 32.1 Å². The van der Waals surface area contributed by atoms with Gasteiger partial charge in [0.25, 0.3) is 0 Å². The van der Waals surface area contributed by atoms with Crippen molar-refractivity contribution >= 4 is 27.6 Å². The van der Waals surface area contributed by atoms with Crippen LogP contribution in [0, 0.1) is 0 Å². The van der Waals surface area contributed by atoms with E-state index in [0.717, 1.165) is 18.2 Å². The summed E-state index contributed by atoms with van der Waals surface area (Å²) in [4.78, 5) is 10.6. The largest absolute Gasteiger partial charge is 0.481 e. The molecule has 20 heavy (non-hydrogen) atoms. The molecule has 0 saturated heterocycles. The van der Waals surface area contributed by atoms with E-state index in [1.165, 1.54) is 6.26 Å². The van der Waals surface area contributed by atoms with E-state index in [4.69, 9.17) is 5.11 Å². The van der Waals surface area contributed by atoms with E-state index in [2.05, 4.69) is 10.2 Å². The Morgan fingerprint density at radius 1 is 1.45 bits per heavy atom. The predicted molar refractivity (Wildman–Crippen MR) is 76.8 cm³/mol. The van der Waals surface area contributed by atoms with Crippen molar-refractivity contribution in [1.29, 1.82) is 0 Å². The fourth-order valence-electron chi connectivity index (χ4n) is 1.88. The number of nitrogens with zero attached hydrogens (tertiary/aromatic N) is 3. The summed E-state index contributed by atoms with van der Waals surface area (Å²) in [5, 5.41) is 17.2. The highest BCUT2D eigenvalue weighted by Gasteiger charge is 2.21. The molecule has 0 saturated carbocycles. The second kappa shape index (κ2) is 7.07. The molecule has 1 aromatic heterocycles. The van der Waals surface area contributed by atoms with Gasteiger partial charge in [0.2, 0.25) is 0 Å². The molecule has 7 nitrogen and oxygen atoms in total. The molecule has 114 valence electrons. The number of aryl methyl sites for hydroxylation is 1. The lowest BCUT2D eigenvalue weighted by Crippen LogP contribution is -2.19. The summed E-state index contributed by atoms with van der Waals surface area (Å²) < 4.78 is 24.6. The quantitative estimate of drug-likeness (QED) is 0.713. The zero-order chi connectivity index (χ0) is 15.3. The molecule has 0 fully saturated rings. The van der Waals surface area contributed by atoms with Crippen molar-refractivity contribution in [2.24, 2.45) is 0 Å². The zero-order valence-electron chi connectivity index (χ0n) is 11.7. The van der Waals surface area contributed by atoms with Gasteiger partial charge in [-0.15, -0.1) is 10.2 Å². The number of sulfone groups is 1. The Balaban J connectivity index is 3.04. The molecule has 1 atom stereocenters. The average molecular weight is 321 g/mol. The molecule has 0 radical (unpaired) electrons. The lowest BCUT2D eigenvalue weighted by molar-refractivity contribution is -0.133. The topological polar surface area (TPSA) is 102 Å². The van der Waals surface area contributed by atoms with Crippen molar-refractivity contribution in [3.8, 4) is 0 Å². The maximum Gasteiger partial charge on any atom is 0.313 e. The first kappa shape index (κ1) is 17.0. The van der Waals surface area contributed by atoms with E-state index in [0.29, 0.717) is 17.4 Å². The number of carboxylic acid groups (broad SMARTS) is 1. The summed E-state index contributed by atoms with van der Waals surface area (Å²) in [6, 6.07) is -0.321. The molecule has 0 bridgehead atoms. The lowest BCUT2D eigenvalue weighted by Gasteiger charge is -2.16. The molecule has 0 aromatic carbocycles. The van der Waals surface area contributed by atoms with Gasteiger partial charge >= 0.3 is 5.97 Å². The van der Waals surface area contributed by atoms with E-state index >= 15 is 0 Å². The first-order valence-electron chi connectivity index (χ1n) is 6.20. The van der Waals surface area contributed by atoms with Crippen LogP contribution in [-0.2, 0) is 21.1 Å². The molecule has 0 spiro atoms. The van der Waals surface area contributed by atoms with Crippen molar-refractivity contribution < 1.29 is 18.3 Å². The van der Waals surface area contributed by atoms with Gasteiger partial charge in [-0.1, -0.05) is 18.7 Å². The van der Waals surface area contributed by atoms with Gasteiger partial charge in [0.05, 0.1) is 11.5 Å². The maximum atomic E-state index is 11.4. The predicted octanol–water partition coefficient (Wildman–Crippen LogP) is 1.01. The fraction of sp³-hybridized carbons (Fsp3) is 0.727. The molecule has 1 unspecified atom stereocenters. The van der Waals surface area contributed by atoms with E-state index in [-0.39, 0.29) is 17.5 Å².